The van der Waals surface area contributed by atoms with Crippen LogP contribution in [0.15, 0.2) is 22.7 Å². The SMILES string of the molecule is COC1CCN(Cc2ccc(CN)cc2Br)C1. The van der Waals surface area contributed by atoms with Crippen LogP contribution in [0.5, 0.6) is 0 Å². The Labute approximate surface area is 111 Å². The molecule has 1 aromatic rings. The standard InChI is InChI=1S/C13H19BrN2O/c1-17-12-4-5-16(9-12)8-11-3-2-10(7-15)6-13(11)14/h2-3,6,12H,4-5,7-9,15H2,1H3. The summed E-state index contributed by atoms with van der Waals surface area (Å²) in [5.74, 6) is 0. The van der Waals surface area contributed by atoms with Gasteiger partial charge in [0.25, 0.3) is 0 Å². The molecule has 1 unspecified atom stereocenters. The Morgan fingerprint density at radius 2 is 2.35 bits per heavy atom. The second-order valence-corrected chi connectivity index (χ2v) is 5.37. The Balaban J connectivity index is 1.99. The molecule has 0 bridgehead atoms. The van der Waals surface area contributed by atoms with E-state index < -0.39 is 0 Å². The first-order chi connectivity index (χ1) is 8.22. The van der Waals surface area contributed by atoms with Gasteiger partial charge in [0, 0.05) is 37.8 Å². The summed E-state index contributed by atoms with van der Waals surface area (Å²) in [5.41, 5.74) is 8.10. The second-order valence-electron chi connectivity index (χ2n) is 4.51. The first kappa shape index (κ1) is 13.0. The predicted molar refractivity (Wildman–Crippen MR) is 72.7 cm³/mol. The lowest BCUT2D eigenvalue weighted by atomic mass is 10.1. The zero-order chi connectivity index (χ0) is 12.3. The smallest absolute Gasteiger partial charge is 0.0710 e. The van der Waals surface area contributed by atoms with Crippen LogP contribution in [0.2, 0.25) is 0 Å². The maximum Gasteiger partial charge on any atom is 0.0710 e. The van der Waals surface area contributed by atoms with Crippen molar-refractivity contribution in [2.75, 3.05) is 20.2 Å². The Bertz CT molecular complexity index is 384. The molecule has 94 valence electrons. The summed E-state index contributed by atoms with van der Waals surface area (Å²) < 4.78 is 6.53. The molecule has 1 aliphatic heterocycles. The number of benzene rings is 1. The third-order valence-corrected chi connectivity index (χ3v) is 4.05. The molecule has 0 spiro atoms. The molecule has 17 heavy (non-hydrogen) atoms. The second kappa shape index (κ2) is 5.96. The van der Waals surface area contributed by atoms with Crippen molar-refractivity contribution in [3.05, 3.63) is 33.8 Å². The number of ether oxygens (including phenoxy) is 1. The number of hydrogen-bond donors (Lipinski definition) is 1. The van der Waals surface area contributed by atoms with Crippen LogP contribution in [0.3, 0.4) is 0 Å². The lowest BCUT2D eigenvalue weighted by Gasteiger charge is -2.17. The molecule has 1 heterocycles. The van der Waals surface area contributed by atoms with Gasteiger partial charge in [-0.15, -0.1) is 0 Å². The molecule has 0 aromatic heterocycles. The lowest BCUT2D eigenvalue weighted by molar-refractivity contribution is 0.107. The number of halogens is 1. The van der Waals surface area contributed by atoms with E-state index in [2.05, 4.69) is 39.0 Å². The van der Waals surface area contributed by atoms with Crippen molar-refractivity contribution < 1.29 is 4.74 Å². The van der Waals surface area contributed by atoms with Crippen LogP contribution in [0.1, 0.15) is 17.5 Å². The van der Waals surface area contributed by atoms with Crippen molar-refractivity contribution >= 4 is 15.9 Å². The number of methoxy groups -OCH3 is 1. The molecule has 2 rings (SSSR count). The van der Waals surface area contributed by atoms with Gasteiger partial charge in [0.1, 0.15) is 0 Å². The van der Waals surface area contributed by atoms with Crippen LogP contribution in [-0.2, 0) is 17.8 Å². The quantitative estimate of drug-likeness (QED) is 0.925. The van der Waals surface area contributed by atoms with Crippen LogP contribution in [0.25, 0.3) is 0 Å². The average Bonchev–Trinajstić information content (AvgIpc) is 2.79. The number of nitrogens with zero attached hydrogens (tertiary/aromatic N) is 1. The summed E-state index contributed by atoms with van der Waals surface area (Å²) >= 11 is 3.61. The van der Waals surface area contributed by atoms with E-state index in [-0.39, 0.29) is 0 Å². The van der Waals surface area contributed by atoms with Crippen molar-refractivity contribution in [3.8, 4) is 0 Å². The molecule has 1 fully saturated rings. The Morgan fingerprint density at radius 1 is 1.53 bits per heavy atom. The average molecular weight is 299 g/mol. The van der Waals surface area contributed by atoms with Crippen molar-refractivity contribution in [1.82, 2.24) is 4.90 Å². The molecular formula is C13H19BrN2O. The van der Waals surface area contributed by atoms with Crippen LogP contribution in [0.4, 0.5) is 0 Å². The fourth-order valence-corrected chi connectivity index (χ4v) is 2.77. The van der Waals surface area contributed by atoms with Crippen molar-refractivity contribution in [2.45, 2.75) is 25.6 Å². The zero-order valence-electron chi connectivity index (χ0n) is 10.2. The van der Waals surface area contributed by atoms with Crippen molar-refractivity contribution in [3.63, 3.8) is 0 Å². The van der Waals surface area contributed by atoms with Crippen LogP contribution in [-0.4, -0.2) is 31.2 Å². The van der Waals surface area contributed by atoms with E-state index in [9.17, 15) is 0 Å². The maximum atomic E-state index is 5.62. The number of hydrogen-bond acceptors (Lipinski definition) is 3. The molecule has 0 saturated carbocycles. The number of rotatable bonds is 4. The maximum absolute atomic E-state index is 5.62. The highest BCUT2D eigenvalue weighted by atomic mass is 79.9. The highest BCUT2D eigenvalue weighted by molar-refractivity contribution is 9.10. The monoisotopic (exact) mass is 298 g/mol. The van der Waals surface area contributed by atoms with E-state index >= 15 is 0 Å². The molecule has 0 radical (unpaired) electrons. The Hall–Kier alpha value is -0.420. The van der Waals surface area contributed by atoms with E-state index in [0.717, 1.165) is 36.1 Å². The highest BCUT2D eigenvalue weighted by Crippen LogP contribution is 2.22. The van der Waals surface area contributed by atoms with Gasteiger partial charge >= 0.3 is 0 Å². The molecule has 0 amide bonds. The summed E-state index contributed by atoms with van der Waals surface area (Å²) in [6.07, 6.45) is 1.53. The van der Waals surface area contributed by atoms with Crippen molar-refractivity contribution in [1.29, 1.82) is 0 Å². The molecule has 4 heteroatoms. The van der Waals surface area contributed by atoms with Gasteiger partial charge in [-0.1, -0.05) is 28.1 Å². The molecule has 3 nitrogen and oxygen atoms in total. The number of likely N-dealkylation sites (tertiary alicyclic amines) is 1. The van der Waals surface area contributed by atoms with Gasteiger partial charge in [-0.2, -0.15) is 0 Å². The van der Waals surface area contributed by atoms with E-state index in [1.165, 1.54) is 5.56 Å². The Morgan fingerprint density at radius 3 is 2.94 bits per heavy atom. The van der Waals surface area contributed by atoms with Crippen LogP contribution >= 0.6 is 15.9 Å². The first-order valence-electron chi connectivity index (χ1n) is 5.95. The van der Waals surface area contributed by atoms with Gasteiger partial charge in [0.15, 0.2) is 0 Å². The van der Waals surface area contributed by atoms with Crippen LogP contribution < -0.4 is 5.73 Å². The normalized spacial score (nSPS) is 21.0. The van der Waals surface area contributed by atoms with Gasteiger partial charge in [0.05, 0.1) is 6.10 Å². The van der Waals surface area contributed by atoms with E-state index in [1.807, 2.05) is 0 Å². The summed E-state index contributed by atoms with van der Waals surface area (Å²) in [4.78, 5) is 2.43. The minimum absolute atomic E-state index is 0.400. The largest absolute Gasteiger partial charge is 0.380 e. The van der Waals surface area contributed by atoms with Gasteiger partial charge in [-0.3, -0.25) is 4.90 Å². The summed E-state index contributed by atoms with van der Waals surface area (Å²) in [7, 11) is 1.79. The fraction of sp³-hybridized carbons (Fsp3) is 0.538. The highest BCUT2D eigenvalue weighted by Gasteiger charge is 2.22. The molecule has 1 saturated heterocycles. The zero-order valence-corrected chi connectivity index (χ0v) is 11.7. The lowest BCUT2D eigenvalue weighted by Crippen LogP contribution is -2.22. The molecule has 2 N–H and O–H groups in total. The summed E-state index contributed by atoms with van der Waals surface area (Å²) in [5, 5.41) is 0. The minimum Gasteiger partial charge on any atom is -0.380 e. The van der Waals surface area contributed by atoms with Crippen LogP contribution in [0, 0.1) is 0 Å². The van der Waals surface area contributed by atoms with Gasteiger partial charge in [0.2, 0.25) is 0 Å². The van der Waals surface area contributed by atoms with Gasteiger partial charge < -0.3 is 10.5 Å². The molecule has 1 atom stereocenters. The van der Waals surface area contributed by atoms with E-state index in [1.54, 1.807) is 7.11 Å². The number of nitrogens with two attached hydrogens (primary N) is 1. The third kappa shape index (κ3) is 3.28. The van der Waals surface area contributed by atoms with E-state index in [0.29, 0.717) is 12.6 Å². The van der Waals surface area contributed by atoms with Crippen molar-refractivity contribution in [2.24, 2.45) is 5.73 Å². The predicted octanol–water partition coefficient (Wildman–Crippen LogP) is 2.13. The summed E-state index contributed by atoms with van der Waals surface area (Å²) in [6, 6.07) is 6.37. The summed E-state index contributed by atoms with van der Waals surface area (Å²) in [6.45, 7) is 3.71. The molecule has 1 aromatic carbocycles. The Kier molecular flexibility index (Phi) is 4.56. The molecular weight excluding hydrogens is 280 g/mol. The molecule has 1 aliphatic rings. The van der Waals surface area contributed by atoms with Gasteiger partial charge in [-0.05, 0) is 23.6 Å². The topological polar surface area (TPSA) is 38.5 Å². The molecule has 0 aliphatic carbocycles. The third-order valence-electron chi connectivity index (χ3n) is 3.31. The van der Waals surface area contributed by atoms with E-state index in [4.69, 9.17) is 10.5 Å². The minimum atomic E-state index is 0.400. The fourth-order valence-electron chi connectivity index (χ4n) is 2.22. The first-order valence-corrected chi connectivity index (χ1v) is 6.74. The van der Waals surface area contributed by atoms with Gasteiger partial charge in [-0.25, -0.2) is 0 Å².